The Morgan fingerprint density at radius 3 is 2.22 bits per heavy atom. The lowest BCUT2D eigenvalue weighted by atomic mass is 10.2. The molecular formula is C15H19Br3O5. The van der Waals surface area contributed by atoms with E-state index in [-0.39, 0.29) is 18.8 Å². The molecule has 23 heavy (non-hydrogen) atoms. The number of carbonyl (C=O) groups is 1. The molecular weight excluding hydrogens is 500 g/mol. The first-order valence-electron chi connectivity index (χ1n) is 7.15. The highest BCUT2D eigenvalue weighted by molar-refractivity contribution is 9.11. The van der Waals surface area contributed by atoms with Gasteiger partial charge in [-0.1, -0.05) is 13.8 Å². The second-order valence-corrected chi connectivity index (χ2v) is 7.39. The van der Waals surface area contributed by atoms with Gasteiger partial charge in [0.1, 0.15) is 19.0 Å². The molecule has 2 atom stereocenters. The minimum Gasteiger partial charge on any atom is -0.488 e. The number of halogens is 3. The normalized spacial score (nSPS) is 13.5. The van der Waals surface area contributed by atoms with Crippen LogP contribution in [0.1, 0.15) is 37.0 Å². The van der Waals surface area contributed by atoms with Crippen molar-refractivity contribution in [3.05, 3.63) is 25.0 Å². The molecule has 0 heterocycles. The van der Waals surface area contributed by atoms with Gasteiger partial charge in [-0.2, -0.15) is 0 Å². The van der Waals surface area contributed by atoms with E-state index in [4.69, 9.17) is 9.47 Å². The molecule has 0 amide bonds. The Morgan fingerprint density at radius 1 is 1.09 bits per heavy atom. The van der Waals surface area contributed by atoms with Crippen LogP contribution in [0.4, 0.5) is 0 Å². The SMILES string of the molecule is CCC(O)COC(=O)c1c(Br)cc(Br)c(OCC(O)CC)c1Br. The van der Waals surface area contributed by atoms with E-state index < -0.39 is 18.2 Å². The molecule has 1 rings (SSSR count). The maximum Gasteiger partial charge on any atom is 0.340 e. The van der Waals surface area contributed by atoms with Gasteiger partial charge in [0.05, 0.1) is 26.7 Å². The van der Waals surface area contributed by atoms with Crippen LogP contribution >= 0.6 is 47.8 Å². The van der Waals surface area contributed by atoms with Crippen molar-refractivity contribution in [2.45, 2.75) is 38.9 Å². The Balaban J connectivity index is 3.01. The number of carbonyl (C=O) groups excluding carboxylic acids is 1. The molecule has 5 nitrogen and oxygen atoms in total. The summed E-state index contributed by atoms with van der Waals surface area (Å²) in [5, 5.41) is 19.1. The van der Waals surface area contributed by atoms with Crippen LogP contribution in [0.5, 0.6) is 5.75 Å². The van der Waals surface area contributed by atoms with E-state index in [1.54, 1.807) is 13.0 Å². The van der Waals surface area contributed by atoms with Crippen molar-refractivity contribution in [1.29, 1.82) is 0 Å². The predicted octanol–water partition coefficient (Wildman–Crippen LogP) is 4.05. The number of rotatable bonds is 8. The minimum absolute atomic E-state index is 0.0744. The van der Waals surface area contributed by atoms with Crippen molar-refractivity contribution in [2.75, 3.05) is 13.2 Å². The van der Waals surface area contributed by atoms with E-state index in [1.165, 1.54) is 0 Å². The van der Waals surface area contributed by atoms with Gasteiger partial charge in [0, 0.05) is 4.47 Å². The predicted molar refractivity (Wildman–Crippen MR) is 97.9 cm³/mol. The first kappa shape index (κ1) is 20.9. The van der Waals surface area contributed by atoms with Crippen LogP contribution in [-0.4, -0.2) is 41.6 Å². The lowest BCUT2D eigenvalue weighted by Crippen LogP contribution is -2.19. The van der Waals surface area contributed by atoms with Crippen molar-refractivity contribution < 1.29 is 24.5 Å². The zero-order chi connectivity index (χ0) is 17.6. The third-order valence-corrected chi connectivity index (χ3v) is 5.07. The van der Waals surface area contributed by atoms with Crippen molar-refractivity contribution in [3.8, 4) is 5.75 Å². The monoisotopic (exact) mass is 516 g/mol. The van der Waals surface area contributed by atoms with E-state index in [0.717, 1.165) is 0 Å². The van der Waals surface area contributed by atoms with Gasteiger partial charge in [-0.3, -0.25) is 0 Å². The van der Waals surface area contributed by atoms with E-state index in [2.05, 4.69) is 47.8 Å². The molecule has 8 heteroatoms. The van der Waals surface area contributed by atoms with E-state index in [9.17, 15) is 15.0 Å². The van der Waals surface area contributed by atoms with E-state index in [0.29, 0.717) is 32.0 Å². The molecule has 0 spiro atoms. The van der Waals surface area contributed by atoms with Crippen molar-refractivity contribution in [2.24, 2.45) is 0 Å². The highest BCUT2D eigenvalue weighted by Crippen LogP contribution is 2.40. The fraction of sp³-hybridized carbons (Fsp3) is 0.533. The Hall–Kier alpha value is -0.150. The van der Waals surface area contributed by atoms with Gasteiger partial charge in [-0.15, -0.1) is 0 Å². The summed E-state index contributed by atoms with van der Waals surface area (Å²) in [5.74, 6) is -0.173. The molecule has 0 aliphatic carbocycles. The third-order valence-electron chi connectivity index (χ3n) is 3.10. The smallest absolute Gasteiger partial charge is 0.340 e. The van der Waals surface area contributed by atoms with E-state index >= 15 is 0 Å². The maximum absolute atomic E-state index is 12.3. The molecule has 2 N–H and O–H groups in total. The van der Waals surface area contributed by atoms with Gasteiger partial charge < -0.3 is 19.7 Å². The first-order chi connectivity index (χ1) is 10.8. The first-order valence-corrected chi connectivity index (χ1v) is 9.53. The fourth-order valence-electron chi connectivity index (χ4n) is 1.55. The van der Waals surface area contributed by atoms with Crippen LogP contribution in [0.25, 0.3) is 0 Å². The standard InChI is InChI=1S/C15H19Br3O5/c1-3-8(19)6-22-14-11(17)5-10(16)12(13(14)18)15(21)23-7-9(20)4-2/h5,8-9,19-20H,3-4,6-7H2,1-2H3. The van der Waals surface area contributed by atoms with Gasteiger partial charge in [-0.05, 0) is 66.7 Å². The summed E-state index contributed by atoms with van der Waals surface area (Å²) in [6.45, 7) is 3.68. The topological polar surface area (TPSA) is 76.0 Å². The van der Waals surface area contributed by atoms with Crippen LogP contribution in [0.2, 0.25) is 0 Å². The molecule has 0 saturated carbocycles. The van der Waals surface area contributed by atoms with Gasteiger partial charge in [-0.25, -0.2) is 4.79 Å². The molecule has 0 aliphatic heterocycles. The van der Waals surface area contributed by atoms with Gasteiger partial charge >= 0.3 is 5.97 Å². The van der Waals surface area contributed by atoms with Gasteiger partial charge in [0.2, 0.25) is 0 Å². The summed E-state index contributed by atoms with van der Waals surface area (Å²) in [7, 11) is 0. The van der Waals surface area contributed by atoms with Gasteiger partial charge in [0.15, 0.2) is 0 Å². The summed E-state index contributed by atoms with van der Waals surface area (Å²) in [6, 6.07) is 1.67. The summed E-state index contributed by atoms with van der Waals surface area (Å²) in [5.41, 5.74) is 0.262. The molecule has 130 valence electrons. The van der Waals surface area contributed by atoms with Crippen molar-refractivity contribution in [3.63, 3.8) is 0 Å². The van der Waals surface area contributed by atoms with Crippen LogP contribution < -0.4 is 4.74 Å². The molecule has 1 aromatic carbocycles. The second-order valence-electron chi connectivity index (χ2n) is 4.89. The number of hydrogen-bond donors (Lipinski definition) is 2. The largest absolute Gasteiger partial charge is 0.488 e. The highest BCUT2D eigenvalue weighted by Gasteiger charge is 2.23. The number of hydrogen-bond acceptors (Lipinski definition) is 5. The van der Waals surface area contributed by atoms with Crippen LogP contribution in [0.3, 0.4) is 0 Å². The van der Waals surface area contributed by atoms with E-state index in [1.807, 2.05) is 6.92 Å². The number of ether oxygens (including phenoxy) is 2. The fourth-order valence-corrected chi connectivity index (χ4v) is 4.22. The highest BCUT2D eigenvalue weighted by atomic mass is 79.9. The van der Waals surface area contributed by atoms with Crippen LogP contribution in [0.15, 0.2) is 19.5 Å². The molecule has 1 aromatic rings. The third kappa shape index (κ3) is 6.01. The molecule has 0 aromatic heterocycles. The Kier molecular flexibility index (Phi) is 9.07. The number of aliphatic hydroxyl groups excluding tert-OH is 2. The summed E-state index contributed by atoms with van der Waals surface area (Å²) in [4.78, 5) is 12.3. The quantitative estimate of drug-likeness (QED) is 0.508. The molecule has 0 aliphatic rings. The Bertz CT molecular complexity index is 550. The molecule has 2 unspecified atom stereocenters. The van der Waals surface area contributed by atoms with Gasteiger partial charge in [0.25, 0.3) is 0 Å². The Labute approximate surface area is 160 Å². The number of esters is 1. The molecule has 0 radical (unpaired) electrons. The van der Waals surface area contributed by atoms with Crippen LogP contribution in [-0.2, 0) is 4.74 Å². The summed E-state index contributed by atoms with van der Waals surface area (Å²) < 4.78 is 12.3. The molecule has 0 bridgehead atoms. The average molecular weight is 519 g/mol. The number of aliphatic hydroxyl groups is 2. The second kappa shape index (κ2) is 9.98. The zero-order valence-electron chi connectivity index (χ0n) is 12.8. The molecule has 0 saturated heterocycles. The van der Waals surface area contributed by atoms with Crippen molar-refractivity contribution in [1.82, 2.24) is 0 Å². The van der Waals surface area contributed by atoms with Crippen molar-refractivity contribution >= 4 is 53.8 Å². The molecule has 0 fully saturated rings. The summed E-state index contributed by atoms with van der Waals surface area (Å²) in [6.07, 6.45) is -0.218. The maximum atomic E-state index is 12.3. The number of benzene rings is 1. The van der Waals surface area contributed by atoms with Crippen LogP contribution in [0, 0.1) is 0 Å². The minimum atomic E-state index is -0.692. The average Bonchev–Trinajstić information content (AvgIpc) is 2.51. The lowest BCUT2D eigenvalue weighted by molar-refractivity contribution is 0.0247. The lowest BCUT2D eigenvalue weighted by Gasteiger charge is -2.17. The zero-order valence-corrected chi connectivity index (χ0v) is 17.6. The Morgan fingerprint density at radius 2 is 1.65 bits per heavy atom. The summed E-state index contributed by atoms with van der Waals surface area (Å²) >= 11 is 10.0.